The lowest BCUT2D eigenvalue weighted by atomic mass is 9.99. The first-order chi connectivity index (χ1) is 17.3. The smallest absolute Gasteiger partial charge is 0.337 e. The lowest BCUT2D eigenvalue weighted by molar-refractivity contribution is -0.138. The van der Waals surface area contributed by atoms with Crippen molar-refractivity contribution in [3.05, 3.63) is 58.1 Å². The van der Waals surface area contributed by atoms with Crippen molar-refractivity contribution in [1.82, 2.24) is 9.80 Å². The third kappa shape index (κ3) is 6.56. The molecular weight excluding hydrogens is 484 g/mol. The number of amides is 2. The maximum absolute atomic E-state index is 11.8. The van der Waals surface area contributed by atoms with Crippen molar-refractivity contribution in [2.24, 2.45) is 0 Å². The number of imide groups is 1. The molecule has 2 aromatic carbocycles. The van der Waals surface area contributed by atoms with Gasteiger partial charge in [-0.15, -0.1) is 0 Å². The van der Waals surface area contributed by atoms with E-state index in [1.807, 2.05) is 24.3 Å². The van der Waals surface area contributed by atoms with Crippen molar-refractivity contribution in [3.8, 4) is 11.5 Å². The molecule has 1 saturated heterocycles. The molecule has 9 heteroatoms. The fraction of sp³-hybridized carbons (Fsp3) is 0.444. The standard InChI is InChI=1S/C27H33ClN2O6/c1-4-12-29(22(5-2)19-7-8-21(28)20(16-19)27(33)34)17-18-6-9-23(24(15-18)35-3)36-14-13-30-25(31)10-11-26(30)32/h6-9,15-16,22H,4-5,10-14,17H2,1-3H3,(H,33,34). The summed E-state index contributed by atoms with van der Waals surface area (Å²) in [5, 5.41) is 9.72. The van der Waals surface area contributed by atoms with Crippen LogP contribution in [0, 0.1) is 0 Å². The summed E-state index contributed by atoms with van der Waals surface area (Å²) in [6, 6.07) is 10.9. The minimum atomic E-state index is -1.04. The number of hydrogen-bond acceptors (Lipinski definition) is 6. The van der Waals surface area contributed by atoms with Gasteiger partial charge in [0.05, 0.1) is 24.2 Å². The quantitative estimate of drug-likeness (QED) is 0.377. The van der Waals surface area contributed by atoms with Crippen LogP contribution in [0.5, 0.6) is 11.5 Å². The van der Waals surface area contributed by atoms with E-state index in [1.165, 1.54) is 4.90 Å². The van der Waals surface area contributed by atoms with Crippen LogP contribution in [0.1, 0.15) is 67.1 Å². The Morgan fingerprint density at radius 2 is 1.83 bits per heavy atom. The maximum Gasteiger partial charge on any atom is 0.337 e. The number of carboxylic acids is 1. The van der Waals surface area contributed by atoms with Gasteiger partial charge in [-0.2, -0.15) is 0 Å². The Labute approximate surface area is 216 Å². The predicted octanol–water partition coefficient (Wildman–Crippen LogP) is 4.94. The molecule has 1 unspecified atom stereocenters. The molecule has 0 aliphatic carbocycles. The van der Waals surface area contributed by atoms with Gasteiger partial charge in [-0.05, 0) is 54.8 Å². The van der Waals surface area contributed by atoms with Crippen LogP contribution in [-0.2, 0) is 16.1 Å². The summed E-state index contributed by atoms with van der Waals surface area (Å²) in [4.78, 5) is 38.7. The van der Waals surface area contributed by atoms with Gasteiger partial charge < -0.3 is 14.6 Å². The van der Waals surface area contributed by atoms with E-state index >= 15 is 0 Å². The van der Waals surface area contributed by atoms with Gasteiger partial charge >= 0.3 is 5.97 Å². The summed E-state index contributed by atoms with van der Waals surface area (Å²) in [5.41, 5.74) is 2.03. The molecule has 2 aromatic rings. The molecule has 1 heterocycles. The Morgan fingerprint density at radius 1 is 1.11 bits per heavy atom. The molecule has 1 aliphatic rings. The first-order valence-electron chi connectivity index (χ1n) is 12.2. The lowest BCUT2D eigenvalue weighted by Crippen LogP contribution is -2.33. The van der Waals surface area contributed by atoms with Crippen molar-refractivity contribution in [2.75, 3.05) is 26.8 Å². The molecule has 1 atom stereocenters. The van der Waals surface area contributed by atoms with Gasteiger partial charge in [0.2, 0.25) is 11.8 Å². The zero-order chi connectivity index (χ0) is 26.2. The zero-order valence-electron chi connectivity index (χ0n) is 21.0. The summed E-state index contributed by atoms with van der Waals surface area (Å²) in [6.45, 7) is 6.04. The Balaban J connectivity index is 1.74. The maximum atomic E-state index is 11.8. The van der Waals surface area contributed by atoms with Crippen LogP contribution in [0.15, 0.2) is 36.4 Å². The second-order valence-electron chi connectivity index (χ2n) is 8.71. The summed E-state index contributed by atoms with van der Waals surface area (Å²) < 4.78 is 11.4. The number of carbonyl (C=O) groups is 3. The summed E-state index contributed by atoms with van der Waals surface area (Å²) in [5.74, 6) is -0.265. The number of hydrogen-bond donors (Lipinski definition) is 1. The molecule has 1 fully saturated rings. The van der Waals surface area contributed by atoms with E-state index in [1.54, 1.807) is 19.2 Å². The topological polar surface area (TPSA) is 96.4 Å². The van der Waals surface area contributed by atoms with E-state index in [2.05, 4.69) is 18.7 Å². The Bertz CT molecular complexity index is 1090. The summed E-state index contributed by atoms with van der Waals surface area (Å²) in [7, 11) is 1.57. The number of methoxy groups -OCH3 is 1. The summed E-state index contributed by atoms with van der Waals surface area (Å²) in [6.07, 6.45) is 2.25. The molecule has 3 rings (SSSR count). The van der Waals surface area contributed by atoms with Crippen LogP contribution >= 0.6 is 11.6 Å². The van der Waals surface area contributed by atoms with Crippen molar-refractivity contribution >= 4 is 29.4 Å². The third-order valence-corrected chi connectivity index (χ3v) is 6.61. The van der Waals surface area contributed by atoms with E-state index in [4.69, 9.17) is 21.1 Å². The molecule has 36 heavy (non-hydrogen) atoms. The monoisotopic (exact) mass is 516 g/mol. The number of nitrogens with zero attached hydrogens (tertiary/aromatic N) is 2. The highest BCUT2D eigenvalue weighted by Gasteiger charge is 2.28. The van der Waals surface area contributed by atoms with Crippen LogP contribution in [-0.4, -0.2) is 59.5 Å². The molecule has 8 nitrogen and oxygen atoms in total. The number of halogens is 1. The van der Waals surface area contributed by atoms with Gasteiger partial charge in [-0.25, -0.2) is 4.79 Å². The SMILES string of the molecule is CCCN(Cc1ccc(OCCN2C(=O)CCC2=O)c(OC)c1)C(CC)c1ccc(Cl)c(C(=O)O)c1. The number of carbonyl (C=O) groups excluding carboxylic acids is 2. The fourth-order valence-electron chi connectivity index (χ4n) is 4.53. The zero-order valence-corrected chi connectivity index (χ0v) is 21.7. The van der Waals surface area contributed by atoms with Gasteiger partial charge in [0.1, 0.15) is 6.61 Å². The normalized spacial score (nSPS) is 14.4. The molecule has 2 amide bonds. The van der Waals surface area contributed by atoms with E-state index < -0.39 is 5.97 Å². The first kappa shape index (κ1) is 27.5. The molecule has 0 radical (unpaired) electrons. The van der Waals surface area contributed by atoms with E-state index in [0.717, 1.165) is 30.5 Å². The number of ether oxygens (including phenoxy) is 2. The Morgan fingerprint density at radius 3 is 2.44 bits per heavy atom. The Hall–Kier alpha value is -3.10. The molecule has 0 spiro atoms. The average Bonchev–Trinajstić information content (AvgIpc) is 3.18. The molecule has 1 N–H and O–H groups in total. The van der Waals surface area contributed by atoms with Crippen molar-refractivity contribution in [1.29, 1.82) is 0 Å². The van der Waals surface area contributed by atoms with Gasteiger partial charge in [0, 0.05) is 25.4 Å². The average molecular weight is 517 g/mol. The predicted molar refractivity (Wildman–Crippen MR) is 137 cm³/mol. The third-order valence-electron chi connectivity index (χ3n) is 6.28. The fourth-order valence-corrected chi connectivity index (χ4v) is 4.73. The molecule has 0 bridgehead atoms. The summed E-state index contributed by atoms with van der Waals surface area (Å²) >= 11 is 6.09. The first-order valence-corrected chi connectivity index (χ1v) is 12.6. The largest absolute Gasteiger partial charge is 0.493 e. The van der Waals surface area contributed by atoms with Crippen molar-refractivity contribution in [2.45, 2.75) is 52.1 Å². The van der Waals surface area contributed by atoms with E-state index in [-0.39, 0.29) is 54.4 Å². The van der Waals surface area contributed by atoms with Crippen LogP contribution < -0.4 is 9.47 Å². The van der Waals surface area contributed by atoms with E-state index in [0.29, 0.717) is 18.0 Å². The minimum Gasteiger partial charge on any atom is -0.493 e. The molecule has 0 aromatic heterocycles. The highest BCUT2D eigenvalue weighted by atomic mass is 35.5. The van der Waals surface area contributed by atoms with Crippen LogP contribution in [0.2, 0.25) is 5.02 Å². The van der Waals surface area contributed by atoms with E-state index in [9.17, 15) is 19.5 Å². The lowest BCUT2D eigenvalue weighted by Gasteiger charge is -2.32. The second kappa shape index (κ2) is 12.7. The molecule has 0 saturated carbocycles. The highest BCUT2D eigenvalue weighted by Crippen LogP contribution is 2.32. The Kier molecular flexibility index (Phi) is 9.73. The molecular formula is C27H33ClN2O6. The second-order valence-corrected chi connectivity index (χ2v) is 9.12. The van der Waals surface area contributed by atoms with Crippen LogP contribution in [0.3, 0.4) is 0 Å². The van der Waals surface area contributed by atoms with Gasteiger partial charge in [-0.1, -0.05) is 37.6 Å². The number of aromatic carboxylic acids is 1. The van der Waals surface area contributed by atoms with Gasteiger partial charge in [-0.3, -0.25) is 19.4 Å². The van der Waals surface area contributed by atoms with Crippen LogP contribution in [0.25, 0.3) is 0 Å². The van der Waals surface area contributed by atoms with Crippen LogP contribution in [0.4, 0.5) is 0 Å². The van der Waals surface area contributed by atoms with Crippen molar-refractivity contribution < 1.29 is 29.0 Å². The number of rotatable bonds is 13. The number of likely N-dealkylation sites (tertiary alicyclic amines) is 1. The van der Waals surface area contributed by atoms with Gasteiger partial charge in [0.25, 0.3) is 0 Å². The number of carboxylic acid groups (broad SMARTS) is 1. The minimum absolute atomic E-state index is 0.0118. The molecule has 194 valence electrons. The highest BCUT2D eigenvalue weighted by molar-refractivity contribution is 6.33. The van der Waals surface area contributed by atoms with Gasteiger partial charge in [0.15, 0.2) is 11.5 Å². The number of benzene rings is 2. The van der Waals surface area contributed by atoms with Crippen molar-refractivity contribution in [3.63, 3.8) is 0 Å². The molecule has 1 aliphatic heterocycles.